The predicted molar refractivity (Wildman–Crippen MR) is 72.6 cm³/mol. The fourth-order valence-electron chi connectivity index (χ4n) is 1.88. The molecule has 0 aliphatic carbocycles. The zero-order chi connectivity index (χ0) is 13.2. The van der Waals surface area contributed by atoms with E-state index in [-0.39, 0.29) is 5.69 Å². The summed E-state index contributed by atoms with van der Waals surface area (Å²) in [6, 6.07) is 13.9. The maximum Gasteiger partial charge on any atom is 0.269 e. The Kier molecular flexibility index (Phi) is 2.64. The first-order valence-electron chi connectivity index (χ1n) is 5.71. The second kappa shape index (κ2) is 4.45. The first-order valence-corrected chi connectivity index (χ1v) is 5.71. The van der Waals surface area contributed by atoms with E-state index < -0.39 is 4.92 Å². The number of fused-ring (bicyclic) bond motifs is 1. The van der Waals surface area contributed by atoms with Crippen LogP contribution in [0.25, 0.3) is 11.0 Å². The van der Waals surface area contributed by atoms with Gasteiger partial charge in [0.2, 0.25) is 0 Å². The van der Waals surface area contributed by atoms with Crippen LogP contribution in [0.1, 0.15) is 0 Å². The van der Waals surface area contributed by atoms with Crippen LogP contribution in [0.15, 0.2) is 59.2 Å². The Morgan fingerprint density at radius 2 is 1.74 bits per heavy atom. The summed E-state index contributed by atoms with van der Waals surface area (Å²) in [5.41, 5.74) is 2.61. The Hall–Kier alpha value is -2.82. The molecule has 0 radical (unpaired) electrons. The number of nitro benzene ring substituents is 1. The Bertz CT molecular complexity index is 732. The number of rotatable bonds is 3. The lowest BCUT2D eigenvalue weighted by Gasteiger charge is -2.05. The number of hydrogen-bond acceptors (Lipinski definition) is 4. The van der Waals surface area contributed by atoms with Gasteiger partial charge in [-0.3, -0.25) is 10.1 Å². The summed E-state index contributed by atoms with van der Waals surface area (Å²) in [7, 11) is 0. The lowest BCUT2D eigenvalue weighted by molar-refractivity contribution is -0.384. The molecule has 0 unspecified atom stereocenters. The van der Waals surface area contributed by atoms with Gasteiger partial charge >= 0.3 is 0 Å². The normalized spacial score (nSPS) is 10.5. The molecule has 0 aliphatic heterocycles. The Labute approximate surface area is 108 Å². The molecule has 0 bridgehead atoms. The molecule has 19 heavy (non-hydrogen) atoms. The monoisotopic (exact) mass is 254 g/mol. The molecule has 1 aromatic heterocycles. The Morgan fingerprint density at radius 3 is 2.47 bits per heavy atom. The average molecular weight is 254 g/mol. The van der Waals surface area contributed by atoms with Crippen molar-refractivity contribution in [2.75, 3.05) is 5.32 Å². The quantitative estimate of drug-likeness (QED) is 0.564. The van der Waals surface area contributed by atoms with Crippen molar-refractivity contribution in [2.24, 2.45) is 0 Å². The van der Waals surface area contributed by atoms with E-state index in [2.05, 4.69) is 5.32 Å². The zero-order valence-corrected chi connectivity index (χ0v) is 9.87. The second-order valence-corrected chi connectivity index (χ2v) is 4.10. The van der Waals surface area contributed by atoms with Gasteiger partial charge in [0.1, 0.15) is 5.58 Å². The van der Waals surface area contributed by atoms with E-state index in [1.165, 1.54) is 12.1 Å². The summed E-state index contributed by atoms with van der Waals surface area (Å²) >= 11 is 0. The highest BCUT2D eigenvalue weighted by Crippen LogP contribution is 2.24. The SMILES string of the molecule is O=[N+]([O-])c1ccc(Nc2ccc3occc3c2)cc1. The van der Waals surface area contributed by atoms with E-state index in [4.69, 9.17) is 4.42 Å². The van der Waals surface area contributed by atoms with Crippen molar-refractivity contribution >= 4 is 28.0 Å². The number of nitrogens with one attached hydrogen (secondary N) is 1. The minimum absolute atomic E-state index is 0.0795. The third-order valence-corrected chi connectivity index (χ3v) is 2.82. The van der Waals surface area contributed by atoms with Gasteiger partial charge < -0.3 is 9.73 Å². The number of furan rings is 1. The average Bonchev–Trinajstić information content (AvgIpc) is 2.87. The molecule has 1 heterocycles. The summed E-state index contributed by atoms with van der Waals surface area (Å²) in [6.07, 6.45) is 1.64. The van der Waals surface area contributed by atoms with E-state index in [0.717, 1.165) is 22.3 Å². The summed E-state index contributed by atoms with van der Waals surface area (Å²) in [6.45, 7) is 0. The molecule has 94 valence electrons. The summed E-state index contributed by atoms with van der Waals surface area (Å²) < 4.78 is 5.26. The van der Waals surface area contributed by atoms with Crippen molar-refractivity contribution in [1.29, 1.82) is 0 Å². The largest absolute Gasteiger partial charge is 0.464 e. The maximum absolute atomic E-state index is 10.6. The maximum atomic E-state index is 10.6. The molecule has 0 amide bonds. The first-order chi connectivity index (χ1) is 9.22. The van der Waals surface area contributed by atoms with E-state index in [0.29, 0.717) is 0 Å². The van der Waals surface area contributed by atoms with Crippen molar-refractivity contribution in [2.45, 2.75) is 0 Å². The van der Waals surface area contributed by atoms with E-state index in [1.807, 2.05) is 24.3 Å². The number of benzene rings is 2. The van der Waals surface area contributed by atoms with E-state index in [1.54, 1.807) is 18.4 Å². The predicted octanol–water partition coefficient (Wildman–Crippen LogP) is 4.08. The smallest absolute Gasteiger partial charge is 0.269 e. The van der Waals surface area contributed by atoms with E-state index in [9.17, 15) is 10.1 Å². The molecule has 5 nitrogen and oxygen atoms in total. The molecular formula is C14H10N2O3. The molecular weight excluding hydrogens is 244 g/mol. The van der Waals surface area contributed by atoms with Crippen molar-refractivity contribution in [3.8, 4) is 0 Å². The number of anilines is 2. The van der Waals surface area contributed by atoms with Crippen LogP contribution in [-0.2, 0) is 0 Å². The number of non-ortho nitro benzene ring substituents is 1. The van der Waals surface area contributed by atoms with Crippen molar-refractivity contribution in [3.05, 3.63) is 64.9 Å². The number of hydrogen-bond donors (Lipinski definition) is 1. The molecule has 3 aromatic rings. The topological polar surface area (TPSA) is 68.3 Å². The standard InChI is InChI=1S/C14H10N2O3/c17-16(18)13-4-1-11(2-5-13)15-12-3-6-14-10(9-12)7-8-19-14/h1-9,15H. The first kappa shape index (κ1) is 11.3. The fraction of sp³-hybridized carbons (Fsp3) is 0. The molecule has 0 atom stereocenters. The third kappa shape index (κ3) is 2.26. The highest BCUT2D eigenvalue weighted by Gasteiger charge is 2.04. The van der Waals surface area contributed by atoms with Crippen molar-refractivity contribution in [1.82, 2.24) is 0 Å². The van der Waals surface area contributed by atoms with Gasteiger partial charge in [0.05, 0.1) is 11.2 Å². The number of nitro groups is 1. The molecule has 0 saturated heterocycles. The molecule has 2 aromatic carbocycles. The van der Waals surface area contributed by atoms with Crippen LogP contribution in [0.3, 0.4) is 0 Å². The molecule has 5 heteroatoms. The van der Waals surface area contributed by atoms with E-state index >= 15 is 0 Å². The van der Waals surface area contributed by atoms with Gasteiger partial charge in [-0.1, -0.05) is 0 Å². The molecule has 0 aliphatic rings. The zero-order valence-electron chi connectivity index (χ0n) is 9.87. The van der Waals surface area contributed by atoms with Crippen LogP contribution in [0.2, 0.25) is 0 Å². The highest BCUT2D eigenvalue weighted by atomic mass is 16.6. The summed E-state index contributed by atoms with van der Waals surface area (Å²) in [5, 5.41) is 14.8. The third-order valence-electron chi connectivity index (χ3n) is 2.82. The van der Waals surface area contributed by atoms with Gasteiger partial charge in [0.25, 0.3) is 5.69 Å². The molecule has 0 spiro atoms. The van der Waals surface area contributed by atoms with Crippen LogP contribution in [-0.4, -0.2) is 4.92 Å². The highest BCUT2D eigenvalue weighted by molar-refractivity contribution is 5.82. The Morgan fingerprint density at radius 1 is 1.00 bits per heavy atom. The molecule has 0 fully saturated rings. The lowest BCUT2D eigenvalue weighted by Crippen LogP contribution is -1.91. The van der Waals surface area contributed by atoms with Gasteiger partial charge in [-0.2, -0.15) is 0 Å². The van der Waals surface area contributed by atoms with Gasteiger partial charge in [-0.05, 0) is 36.4 Å². The molecule has 1 N–H and O–H groups in total. The van der Waals surface area contributed by atoms with Crippen LogP contribution in [0.4, 0.5) is 17.1 Å². The van der Waals surface area contributed by atoms with Crippen LogP contribution in [0.5, 0.6) is 0 Å². The minimum Gasteiger partial charge on any atom is -0.464 e. The van der Waals surface area contributed by atoms with Crippen molar-refractivity contribution < 1.29 is 9.34 Å². The van der Waals surface area contributed by atoms with Gasteiger partial charge in [0, 0.05) is 28.9 Å². The van der Waals surface area contributed by atoms with Crippen LogP contribution >= 0.6 is 0 Å². The van der Waals surface area contributed by atoms with Gasteiger partial charge in [-0.25, -0.2) is 0 Å². The lowest BCUT2D eigenvalue weighted by atomic mass is 10.2. The van der Waals surface area contributed by atoms with Crippen LogP contribution < -0.4 is 5.32 Å². The summed E-state index contributed by atoms with van der Waals surface area (Å²) in [4.78, 5) is 10.1. The second-order valence-electron chi connectivity index (χ2n) is 4.10. The molecule has 0 saturated carbocycles. The number of nitrogens with zero attached hydrogens (tertiary/aromatic N) is 1. The Balaban J connectivity index is 1.85. The molecule has 3 rings (SSSR count). The minimum atomic E-state index is -0.415. The fourth-order valence-corrected chi connectivity index (χ4v) is 1.88. The van der Waals surface area contributed by atoms with Gasteiger partial charge in [-0.15, -0.1) is 0 Å². The van der Waals surface area contributed by atoms with Crippen molar-refractivity contribution in [3.63, 3.8) is 0 Å². The summed E-state index contributed by atoms with van der Waals surface area (Å²) in [5.74, 6) is 0. The van der Waals surface area contributed by atoms with Crippen LogP contribution in [0, 0.1) is 10.1 Å². The van der Waals surface area contributed by atoms with Gasteiger partial charge in [0.15, 0.2) is 0 Å².